The monoisotopic (exact) mass is 385 g/mol. The normalized spacial score (nSPS) is 11.0. The van der Waals surface area contributed by atoms with Crippen LogP contribution in [0.25, 0.3) is 10.9 Å². The van der Waals surface area contributed by atoms with E-state index in [4.69, 9.17) is 0 Å². The minimum Gasteiger partial charge on any atom is -0.506 e. The molecule has 0 saturated carbocycles. The van der Waals surface area contributed by atoms with Gasteiger partial charge >= 0.3 is 0 Å². The molecule has 0 saturated heterocycles. The number of benzene rings is 2. The number of pyridine rings is 1. The molecule has 0 bridgehead atoms. The maximum absolute atomic E-state index is 12.2. The Hall–Kier alpha value is -2.93. The molecule has 1 heterocycles. The summed E-state index contributed by atoms with van der Waals surface area (Å²) in [6.07, 6.45) is 1.44. The lowest BCUT2D eigenvalue weighted by Crippen LogP contribution is -2.26. The van der Waals surface area contributed by atoms with Crippen LogP contribution < -0.4 is 11.0 Å². The SMILES string of the molecule is O=C(N/N=C/c1cccc(Br)c1)c1c(O)c2ccccc2[nH]c1=O. The van der Waals surface area contributed by atoms with E-state index in [0.29, 0.717) is 10.9 Å². The maximum Gasteiger partial charge on any atom is 0.280 e. The van der Waals surface area contributed by atoms with Gasteiger partial charge in [-0.25, -0.2) is 5.43 Å². The van der Waals surface area contributed by atoms with Crippen LogP contribution in [0, 0.1) is 0 Å². The van der Waals surface area contributed by atoms with Gasteiger partial charge in [0.05, 0.1) is 11.7 Å². The summed E-state index contributed by atoms with van der Waals surface area (Å²) in [5, 5.41) is 14.4. The number of H-pyrrole nitrogens is 1. The van der Waals surface area contributed by atoms with Crippen molar-refractivity contribution in [1.29, 1.82) is 0 Å². The third-order valence-electron chi connectivity index (χ3n) is 3.35. The van der Waals surface area contributed by atoms with Gasteiger partial charge < -0.3 is 10.1 Å². The van der Waals surface area contributed by atoms with E-state index in [0.717, 1.165) is 10.0 Å². The number of halogens is 1. The number of carbonyl (C=O) groups is 1. The number of nitrogens with zero attached hydrogens (tertiary/aromatic N) is 1. The van der Waals surface area contributed by atoms with Crippen molar-refractivity contribution in [3.05, 3.63) is 74.5 Å². The number of amides is 1. The van der Waals surface area contributed by atoms with Gasteiger partial charge in [0, 0.05) is 9.86 Å². The Morgan fingerprint density at radius 3 is 2.79 bits per heavy atom. The summed E-state index contributed by atoms with van der Waals surface area (Å²) in [5.74, 6) is -1.16. The predicted octanol–water partition coefficient (Wildman–Crippen LogP) is 2.76. The highest BCUT2D eigenvalue weighted by molar-refractivity contribution is 9.10. The van der Waals surface area contributed by atoms with Gasteiger partial charge in [-0.15, -0.1) is 0 Å². The van der Waals surface area contributed by atoms with Crippen molar-refractivity contribution in [3.63, 3.8) is 0 Å². The lowest BCUT2D eigenvalue weighted by Gasteiger charge is -2.06. The summed E-state index contributed by atoms with van der Waals surface area (Å²) in [4.78, 5) is 26.8. The fraction of sp³-hybridized carbons (Fsp3) is 0. The van der Waals surface area contributed by atoms with Gasteiger partial charge in [-0.3, -0.25) is 9.59 Å². The molecule has 6 nitrogen and oxygen atoms in total. The first-order valence-electron chi connectivity index (χ1n) is 6.99. The van der Waals surface area contributed by atoms with Crippen LogP contribution in [0.1, 0.15) is 15.9 Å². The molecule has 24 heavy (non-hydrogen) atoms. The van der Waals surface area contributed by atoms with E-state index in [-0.39, 0.29) is 11.3 Å². The molecule has 0 fully saturated rings. The first-order chi connectivity index (χ1) is 11.6. The average Bonchev–Trinajstić information content (AvgIpc) is 2.55. The Morgan fingerprint density at radius 2 is 2.00 bits per heavy atom. The number of fused-ring (bicyclic) bond motifs is 1. The topological polar surface area (TPSA) is 94.5 Å². The van der Waals surface area contributed by atoms with Gasteiger partial charge in [0.15, 0.2) is 0 Å². The zero-order chi connectivity index (χ0) is 17.1. The Balaban J connectivity index is 1.88. The first kappa shape index (κ1) is 15.9. The van der Waals surface area contributed by atoms with Gasteiger partial charge in [0.25, 0.3) is 11.5 Å². The molecule has 0 aliphatic rings. The second kappa shape index (κ2) is 6.67. The van der Waals surface area contributed by atoms with Crippen LogP contribution in [0.3, 0.4) is 0 Å². The second-order valence-electron chi connectivity index (χ2n) is 4.98. The minimum atomic E-state index is -0.786. The van der Waals surface area contributed by atoms with E-state index in [1.807, 2.05) is 18.2 Å². The molecule has 1 aromatic heterocycles. The molecule has 0 atom stereocenters. The van der Waals surface area contributed by atoms with Crippen molar-refractivity contribution >= 4 is 39.0 Å². The Morgan fingerprint density at radius 1 is 1.21 bits per heavy atom. The van der Waals surface area contributed by atoms with Gasteiger partial charge in [-0.1, -0.05) is 40.2 Å². The van der Waals surface area contributed by atoms with Gasteiger partial charge in [-0.05, 0) is 29.8 Å². The van der Waals surface area contributed by atoms with E-state index >= 15 is 0 Å². The van der Waals surface area contributed by atoms with Crippen LogP contribution in [0.5, 0.6) is 5.75 Å². The number of hydrazone groups is 1. The van der Waals surface area contributed by atoms with Crippen molar-refractivity contribution in [3.8, 4) is 5.75 Å². The fourth-order valence-corrected chi connectivity index (χ4v) is 2.66. The van der Waals surface area contributed by atoms with E-state index in [1.54, 1.807) is 30.3 Å². The Bertz CT molecular complexity index is 1010. The van der Waals surface area contributed by atoms with Crippen molar-refractivity contribution in [2.24, 2.45) is 5.10 Å². The number of aromatic amines is 1. The molecule has 7 heteroatoms. The zero-order valence-corrected chi connectivity index (χ0v) is 13.9. The number of hydrogen-bond donors (Lipinski definition) is 3. The number of aromatic nitrogens is 1. The van der Waals surface area contributed by atoms with E-state index in [9.17, 15) is 14.7 Å². The van der Waals surface area contributed by atoms with Crippen molar-refractivity contribution < 1.29 is 9.90 Å². The highest BCUT2D eigenvalue weighted by atomic mass is 79.9. The quantitative estimate of drug-likeness (QED) is 0.477. The molecule has 1 amide bonds. The Labute approximate surface area is 145 Å². The molecular weight excluding hydrogens is 374 g/mol. The molecule has 120 valence electrons. The molecule has 3 rings (SSSR count). The average molecular weight is 386 g/mol. The van der Waals surface area contributed by atoms with Crippen LogP contribution in [-0.2, 0) is 0 Å². The Kier molecular flexibility index (Phi) is 4.43. The fourth-order valence-electron chi connectivity index (χ4n) is 2.24. The van der Waals surface area contributed by atoms with E-state index in [1.165, 1.54) is 6.21 Å². The smallest absolute Gasteiger partial charge is 0.280 e. The number of nitrogens with one attached hydrogen (secondary N) is 2. The number of carbonyl (C=O) groups excluding carboxylic acids is 1. The number of rotatable bonds is 3. The van der Waals surface area contributed by atoms with Crippen molar-refractivity contribution in [2.45, 2.75) is 0 Å². The maximum atomic E-state index is 12.2. The minimum absolute atomic E-state index is 0.371. The summed E-state index contributed by atoms with van der Waals surface area (Å²) < 4.78 is 0.876. The van der Waals surface area contributed by atoms with Crippen LogP contribution in [-0.4, -0.2) is 22.2 Å². The number of hydrogen-bond acceptors (Lipinski definition) is 4. The van der Waals surface area contributed by atoms with Crippen molar-refractivity contribution in [2.75, 3.05) is 0 Å². The molecule has 2 aromatic carbocycles. The van der Waals surface area contributed by atoms with E-state index < -0.39 is 11.5 Å². The van der Waals surface area contributed by atoms with Gasteiger partial charge in [0.1, 0.15) is 11.3 Å². The molecule has 3 aromatic rings. The lowest BCUT2D eigenvalue weighted by atomic mass is 10.1. The predicted molar refractivity (Wildman–Crippen MR) is 95.4 cm³/mol. The molecule has 0 aliphatic carbocycles. The molecular formula is C17H12BrN3O3. The molecule has 3 N–H and O–H groups in total. The highest BCUT2D eigenvalue weighted by Gasteiger charge is 2.18. The van der Waals surface area contributed by atoms with Crippen LogP contribution in [0.4, 0.5) is 0 Å². The zero-order valence-electron chi connectivity index (χ0n) is 12.3. The summed E-state index contributed by atoms with van der Waals surface area (Å²) in [6.45, 7) is 0. The van der Waals surface area contributed by atoms with E-state index in [2.05, 4.69) is 31.4 Å². The molecule has 0 unspecified atom stereocenters. The summed E-state index contributed by atoms with van der Waals surface area (Å²) in [6, 6.07) is 14.0. The lowest BCUT2D eigenvalue weighted by molar-refractivity contribution is 0.0951. The third kappa shape index (κ3) is 3.21. The molecule has 0 spiro atoms. The number of aromatic hydroxyl groups is 1. The summed E-state index contributed by atoms with van der Waals surface area (Å²) in [5.41, 5.74) is 2.41. The summed E-state index contributed by atoms with van der Waals surface area (Å²) >= 11 is 3.33. The molecule has 0 radical (unpaired) electrons. The number of para-hydroxylation sites is 1. The summed E-state index contributed by atoms with van der Waals surface area (Å²) in [7, 11) is 0. The van der Waals surface area contributed by atoms with Crippen LogP contribution in [0.15, 0.2) is 62.9 Å². The first-order valence-corrected chi connectivity index (χ1v) is 7.78. The standard InChI is InChI=1S/C17H12BrN3O3/c18-11-5-3-4-10(8-11)9-19-21-17(24)14-15(22)12-6-1-2-7-13(12)20-16(14)23/h1-9H,(H,21,24)(H2,20,22,23)/b19-9+. The largest absolute Gasteiger partial charge is 0.506 e. The third-order valence-corrected chi connectivity index (χ3v) is 3.84. The van der Waals surface area contributed by atoms with Crippen LogP contribution >= 0.6 is 15.9 Å². The molecule has 0 aliphatic heterocycles. The van der Waals surface area contributed by atoms with Gasteiger partial charge in [0.2, 0.25) is 0 Å². The second-order valence-corrected chi connectivity index (χ2v) is 5.89. The van der Waals surface area contributed by atoms with Crippen molar-refractivity contribution in [1.82, 2.24) is 10.4 Å². The van der Waals surface area contributed by atoms with Gasteiger partial charge in [-0.2, -0.15) is 5.10 Å². The van der Waals surface area contributed by atoms with Crippen LogP contribution in [0.2, 0.25) is 0 Å². The highest BCUT2D eigenvalue weighted by Crippen LogP contribution is 2.24.